The van der Waals surface area contributed by atoms with Crippen LogP contribution >= 0.6 is 0 Å². The van der Waals surface area contributed by atoms with Gasteiger partial charge >= 0.3 is 0 Å². The molecule has 3 N–H and O–H groups in total. The first-order valence-corrected chi connectivity index (χ1v) is 8.22. The van der Waals surface area contributed by atoms with Gasteiger partial charge in [0.2, 0.25) is 11.8 Å². The van der Waals surface area contributed by atoms with E-state index in [1.807, 2.05) is 0 Å². The Labute approximate surface area is 155 Å². The summed E-state index contributed by atoms with van der Waals surface area (Å²) in [5.74, 6) is 1.47. The molecule has 1 amide bonds. The highest BCUT2D eigenvalue weighted by molar-refractivity contribution is 5.87. The van der Waals surface area contributed by atoms with E-state index in [4.69, 9.17) is 25.1 Å². The molecule has 8 heteroatoms. The number of fused-ring (bicyclic) bond motifs is 1. The zero-order valence-electron chi connectivity index (χ0n) is 14.7. The van der Waals surface area contributed by atoms with Gasteiger partial charge in [0.1, 0.15) is 18.7 Å². The Hall–Kier alpha value is -3.39. The molecule has 0 unspecified atom stereocenters. The third kappa shape index (κ3) is 4.42. The molecule has 0 aliphatic carbocycles. The van der Waals surface area contributed by atoms with Crippen LogP contribution in [0.2, 0.25) is 0 Å². The van der Waals surface area contributed by atoms with Gasteiger partial charge in [0.25, 0.3) is 0 Å². The summed E-state index contributed by atoms with van der Waals surface area (Å²) in [7, 11) is 1.52. The summed E-state index contributed by atoms with van der Waals surface area (Å²) in [5.41, 5.74) is 6.61. The number of hydrogen-bond acceptors (Lipinski definition) is 7. The monoisotopic (exact) mass is 369 g/mol. The van der Waals surface area contributed by atoms with E-state index in [0.717, 1.165) is 5.56 Å². The van der Waals surface area contributed by atoms with Gasteiger partial charge in [-0.15, -0.1) is 0 Å². The first kappa shape index (κ1) is 18.4. The first-order valence-electron chi connectivity index (χ1n) is 8.22. The van der Waals surface area contributed by atoms with E-state index < -0.39 is 5.91 Å². The Balaban J connectivity index is 1.91. The molecule has 0 spiro atoms. The molecule has 27 heavy (non-hydrogen) atoms. The first-order chi connectivity index (χ1) is 13.1. The topological polar surface area (TPSA) is 117 Å². The van der Waals surface area contributed by atoms with Gasteiger partial charge in [0.15, 0.2) is 11.5 Å². The minimum absolute atomic E-state index is 0.106. The molecule has 1 aromatic heterocycles. The van der Waals surface area contributed by atoms with Crippen LogP contribution in [0.25, 0.3) is 10.9 Å². The van der Waals surface area contributed by atoms with Crippen LogP contribution in [0, 0.1) is 0 Å². The minimum atomic E-state index is -0.392. The number of ether oxygens (including phenoxy) is 3. The van der Waals surface area contributed by atoms with Crippen molar-refractivity contribution in [2.75, 3.05) is 20.3 Å². The third-order valence-electron chi connectivity index (χ3n) is 3.75. The minimum Gasteiger partial charge on any atom is -0.493 e. The summed E-state index contributed by atoms with van der Waals surface area (Å²) >= 11 is 0. The molecule has 0 saturated heterocycles. The summed E-state index contributed by atoms with van der Waals surface area (Å²) in [6, 6.07) is 10.4. The molecule has 2 aromatic carbocycles. The number of rotatable bonds is 8. The summed E-state index contributed by atoms with van der Waals surface area (Å²) in [4.78, 5) is 19.4. The van der Waals surface area contributed by atoms with Crippen molar-refractivity contribution in [1.29, 1.82) is 0 Å². The fraction of sp³-hybridized carbons (Fsp3) is 0.211. The van der Waals surface area contributed by atoms with Gasteiger partial charge in [-0.2, -0.15) is 0 Å². The number of nitrogens with zero attached hydrogens (tertiary/aromatic N) is 2. The van der Waals surface area contributed by atoms with Crippen molar-refractivity contribution in [3.8, 4) is 23.1 Å². The molecular weight excluding hydrogens is 350 g/mol. The molecule has 0 aliphatic rings. The maximum atomic E-state index is 11.0. The molecule has 1 heterocycles. The Morgan fingerprint density at radius 1 is 1.15 bits per heavy atom. The fourth-order valence-electron chi connectivity index (χ4n) is 2.54. The molecule has 0 radical (unpaired) electrons. The third-order valence-corrected chi connectivity index (χ3v) is 3.75. The van der Waals surface area contributed by atoms with E-state index in [1.54, 1.807) is 36.4 Å². The van der Waals surface area contributed by atoms with E-state index in [1.165, 1.54) is 13.4 Å². The average Bonchev–Trinajstić information content (AvgIpc) is 2.67. The standard InChI is InChI=1S/C19H19N3O5/c1-25-16-9-14-15(10-17(16)26-7-6-23)21-11-22-19(14)27-13-4-2-12(3-5-13)8-18(20)24/h2-5,9-11,23H,6-8H2,1H3,(H2,20,24). The zero-order chi connectivity index (χ0) is 19.2. The summed E-state index contributed by atoms with van der Waals surface area (Å²) < 4.78 is 16.7. The number of nitrogens with two attached hydrogens (primary N) is 1. The number of primary amides is 1. The van der Waals surface area contributed by atoms with Crippen molar-refractivity contribution in [3.05, 3.63) is 48.3 Å². The Morgan fingerprint density at radius 3 is 2.59 bits per heavy atom. The average molecular weight is 369 g/mol. The lowest BCUT2D eigenvalue weighted by Crippen LogP contribution is -2.13. The van der Waals surface area contributed by atoms with E-state index >= 15 is 0 Å². The largest absolute Gasteiger partial charge is 0.493 e. The Bertz CT molecular complexity index is 944. The van der Waals surface area contributed by atoms with Gasteiger partial charge in [-0.1, -0.05) is 12.1 Å². The maximum Gasteiger partial charge on any atom is 0.230 e. The Kier molecular flexibility index (Phi) is 5.68. The molecule has 0 bridgehead atoms. The van der Waals surface area contributed by atoms with E-state index in [2.05, 4.69) is 9.97 Å². The number of aromatic nitrogens is 2. The van der Waals surface area contributed by atoms with E-state index in [0.29, 0.717) is 34.0 Å². The lowest BCUT2D eigenvalue weighted by Gasteiger charge is -2.13. The van der Waals surface area contributed by atoms with Crippen molar-refractivity contribution in [2.45, 2.75) is 6.42 Å². The molecule has 8 nitrogen and oxygen atoms in total. The number of benzene rings is 2. The number of carbonyl (C=O) groups excluding carboxylic acids is 1. The number of amides is 1. The van der Waals surface area contributed by atoms with Crippen LogP contribution in [0.5, 0.6) is 23.1 Å². The normalized spacial score (nSPS) is 10.6. The smallest absolute Gasteiger partial charge is 0.230 e. The quantitative estimate of drug-likeness (QED) is 0.622. The number of hydrogen-bond donors (Lipinski definition) is 2. The van der Waals surface area contributed by atoms with Crippen LogP contribution < -0.4 is 19.9 Å². The molecular formula is C19H19N3O5. The molecule has 3 aromatic rings. The maximum absolute atomic E-state index is 11.0. The van der Waals surface area contributed by atoms with Gasteiger partial charge in [0.05, 0.1) is 31.0 Å². The van der Waals surface area contributed by atoms with E-state index in [9.17, 15) is 4.79 Å². The lowest BCUT2D eigenvalue weighted by atomic mass is 10.1. The van der Waals surface area contributed by atoms with Crippen LogP contribution in [-0.4, -0.2) is 41.3 Å². The van der Waals surface area contributed by atoms with Crippen molar-refractivity contribution in [2.24, 2.45) is 5.73 Å². The van der Waals surface area contributed by atoms with Gasteiger partial charge in [-0.25, -0.2) is 9.97 Å². The number of aliphatic hydroxyl groups is 1. The van der Waals surface area contributed by atoms with Gasteiger partial charge in [-0.3, -0.25) is 4.79 Å². The van der Waals surface area contributed by atoms with Gasteiger partial charge in [0, 0.05) is 6.07 Å². The van der Waals surface area contributed by atoms with Gasteiger partial charge < -0.3 is 25.1 Å². The van der Waals surface area contributed by atoms with Gasteiger partial charge in [-0.05, 0) is 23.8 Å². The summed E-state index contributed by atoms with van der Waals surface area (Å²) in [5, 5.41) is 9.59. The lowest BCUT2D eigenvalue weighted by molar-refractivity contribution is -0.117. The highest BCUT2D eigenvalue weighted by Gasteiger charge is 2.13. The molecule has 0 fully saturated rings. The SMILES string of the molecule is COc1cc2c(Oc3ccc(CC(N)=O)cc3)ncnc2cc1OCCO. The van der Waals surface area contributed by atoms with Crippen LogP contribution in [-0.2, 0) is 11.2 Å². The van der Waals surface area contributed by atoms with Crippen LogP contribution in [0.3, 0.4) is 0 Å². The molecule has 0 aliphatic heterocycles. The van der Waals surface area contributed by atoms with E-state index in [-0.39, 0.29) is 19.6 Å². The second-order valence-corrected chi connectivity index (χ2v) is 5.66. The summed E-state index contributed by atoms with van der Waals surface area (Å²) in [6.45, 7) is 0.0407. The number of carbonyl (C=O) groups is 1. The van der Waals surface area contributed by atoms with Crippen molar-refractivity contribution >= 4 is 16.8 Å². The zero-order valence-corrected chi connectivity index (χ0v) is 14.7. The highest BCUT2D eigenvalue weighted by Crippen LogP contribution is 2.35. The van der Waals surface area contributed by atoms with Crippen molar-refractivity contribution in [1.82, 2.24) is 9.97 Å². The highest BCUT2D eigenvalue weighted by atomic mass is 16.5. The second kappa shape index (κ2) is 8.33. The van der Waals surface area contributed by atoms with Crippen molar-refractivity contribution < 1.29 is 24.1 Å². The van der Waals surface area contributed by atoms with Crippen LogP contribution in [0.1, 0.15) is 5.56 Å². The fourth-order valence-corrected chi connectivity index (χ4v) is 2.54. The number of aliphatic hydroxyl groups excluding tert-OH is 1. The van der Waals surface area contributed by atoms with Crippen LogP contribution in [0.15, 0.2) is 42.7 Å². The molecule has 140 valence electrons. The molecule has 0 atom stereocenters. The van der Waals surface area contributed by atoms with Crippen molar-refractivity contribution in [3.63, 3.8) is 0 Å². The molecule has 0 saturated carbocycles. The second-order valence-electron chi connectivity index (χ2n) is 5.66. The molecule has 3 rings (SSSR count). The predicted molar refractivity (Wildman–Crippen MR) is 98.1 cm³/mol. The predicted octanol–water partition coefficient (Wildman–Crippen LogP) is 1.83. The number of methoxy groups -OCH3 is 1. The summed E-state index contributed by atoms with van der Waals surface area (Å²) in [6.07, 6.45) is 1.56. The van der Waals surface area contributed by atoms with Crippen LogP contribution in [0.4, 0.5) is 0 Å². The Morgan fingerprint density at radius 2 is 1.93 bits per heavy atom.